The van der Waals surface area contributed by atoms with E-state index in [9.17, 15) is 0 Å². The van der Waals surface area contributed by atoms with Gasteiger partial charge in [0.2, 0.25) is 0 Å². The van der Waals surface area contributed by atoms with Crippen molar-refractivity contribution < 1.29 is 0 Å². The van der Waals surface area contributed by atoms with Gasteiger partial charge >= 0.3 is 0 Å². The van der Waals surface area contributed by atoms with Crippen molar-refractivity contribution in [3.63, 3.8) is 0 Å². The van der Waals surface area contributed by atoms with Crippen molar-refractivity contribution >= 4 is 46.3 Å². The van der Waals surface area contributed by atoms with E-state index in [2.05, 4.69) is 190 Å². The summed E-state index contributed by atoms with van der Waals surface area (Å²) in [6.45, 7) is 0. The molecule has 3 aromatic carbocycles. The maximum atomic E-state index is 2.96. The zero-order chi connectivity index (χ0) is 39.1. The average Bonchev–Trinajstić information content (AvgIpc) is 3.86. The normalized spacial score (nSPS) is 30.1. The van der Waals surface area contributed by atoms with E-state index < -0.39 is 0 Å². The molecule has 0 aromatic heterocycles. The topological polar surface area (TPSA) is 9.72 Å². The molecule has 0 saturated heterocycles. The van der Waals surface area contributed by atoms with Crippen molar-refractivity contribution in [1.29, 1.82) is 0 Å². The quantitative estimate of drug-likeness (QED) is 0.199. The van der Waals surface area contributed by atoms with Crippen LogP contribution in [0.2, 0.25) is 0 Å². The molecule has 0 amide bonds. The van der Waals surface area contributed by atoms with Crippen LogP contribution in [0.3, 0.4) is 0 Å². The highest BCUT2D eigenvalue weighted by molar-refractivity contribution is 8.04. The summed E-state index contributed by atoms with van der Waals surface area (Å²) in [6, 6.07) is 30.3. The SMILES string of the molecule is C1=CCC(N(c2ccccc2)c2cc(N(C3CC=CCC3)C3CCC4=C(C3)C3C=CC=CC3S4)cc3c2C2CC(N(c4ccccc4)C4CC=CCC4)CC=C2S3)C=C1. The van der Waals surface area contributed by atoms with Gasteiger partial charge < -0.3 is 14.7 Å². The third-order valence-corrected chi connectivity index (χ3v) is 17.1. The van der Waals surface area contributed by atoms with Gasteiger partial charge in [-0.3, -0.25) is 0 Å². The summed E-state index contributed by atoms with van der Waals surface area (Å²) in [5.74, 6) is 0.939. The van der Waals surface area contributed by atoms with Crippen LogP contribution in [-0.2, 0) is 0 Å². The Bertz CT molecular complexity index is 2280. The highest BCUT2D eigenvalue weighted by Gasteiger charge is 2.43. The minimum absolute atomic E-state index is 0.251. The van der Waals surface area contributed by atoms with Gasteiger partial charge in [0.15, 0.2) is 0 Å². The Balaban J connectivity index is 1.03. The summed E-state index contributed by atoms with van der Waals surface area (Å²) in [5.41, 5.74) is 8.82. The standard InChI is InChI=1S/C54H57N3S2/c1-6-18-38(19-7-1)55(39-20-8-2-9-21-39)44-31-33-52-48(35-44)54-49(57(41-24-12-4-13-25-41)42-26-14-5-15-27-42)36-45(37-53(54)59-52)56(40-22-10-3-11-23-40)43-30-32-51-47(34-43)46-28-16-17-29-50(46)58-51/h1-8,10,12-19,24-26,28-29,33,36-37,39-40,42-44,46,48,50H,9,11,20-23,27,30-32,34-35H2. The van der Waals surface area contributed by atoms with Gasteiger partial charge in [-0.05, 0) is 129 Å². The first-order valence-electron chi connectivity index (χ1n) is 22.7. The van der Waals surface area contributed by atoms with Crippen LogP contribution in [0, 0.1) is 5.92 Å². The number of anilines is 4. The molecule has 0 spiro atoms. The Labute approximate surface area is 361 Å². The summed E-state index contributed by atoms with van der Waals surface area (Å²) >= 11 is 4.25. The Morgan fingerprint density at radius 1 is 0.593 bits per heavy atom. The minimum atomic E-state index is 0.251. The van der Waals surface area contributed by atoms with Crippen LogP contribution in [0.4, 0.5) is 22.7 Å². The summed E-state index contributed by atoms with van der Waals surface area (Å²) in [7, 11) is 0. The lowest BCUT2D eigenvalue weighted by Gasteiger charge is -2.45. The molecule has 2 aliphatic heterocycles. The van der Waals surface area contributed by atoms with Gasteiger partial charge in [-0.15, -0.1) is 11.8 Å². The molecule has 3 aromatic rings. The summed E-state index contributed by atoms with van der Waals surface area (Å²) in [5, 5.41) is 0.586. The van der Waals surface area contributed by atoms with E-state index in [4.69, 9.17) is 0 Å². The van der Waals surface area contributed by atoms with Gasteiger partial charge in [-0.25, -0.2) is 0 Å². The number of para-hydroxylation sites is 2. The van der Waals surface area contributed by atoms with Crippen LogP contribution in [0.15, 0.2) is 172 Å². The van der Waals surface area contributed by atoms with Crippen LogP contribution < -0.4 is 14.7 Å². The van der Waals surface area contributed by atoms with Gasteiger partial charge in [0.05, 0.1) is 6.04 Å². The molecule has 0 bridgehead atoms. The molecule has 0 radical (unpaired) electrons. The van der Waals surface area contributed by atoms with Crippen LogP contribution in [0.5, 0.6) is 0 Å². The molecule has 0 N–H and O–H groups in total. The highest BCUT2D eigenvalue weighted by atomic mass is 32.2. The maximum absolute atomic E-state index is 2.96. The molecule has 59 heavy (non-hydrogen) atoms. The Hall–Kier alpha value is -4.32. The molecular weight excluding hydrogens is 755 g/mol. The fourth-order valence-corrected chi connectivity index (χ4v) is 14.6. The Morgan fingerprint density at radius 3 is 2.05 bits per heavy atom. The van der Waals surface area contributed by atoms with Crippen LogP contribution >= 0.6 is 23.5 Å². The lowest BCUT2D eigenvalue weighted by Crippen LogP contribution is -2.46. The van der Waals surface area contributed by atoms with Gasteiger partial charge in [-0.2, -0.15) is 0 Å². The van der Waals surface area contributed by atoms with Gasteiger partial charge in [0.1, 0.15) is 0 Å². The van der Waals surface area contributed by atoms with Gasteiger partial charge in [0, 0.05) is 68.9 Å². The predicted molar refractivity (Wildman–Crippen MR) is 254 cm³/mol. The molecule has 8 unspecified atom stereocenters. The number of hydrogen-bond acceptors (Lipinski definition) is 5. The molecule has 11 rings (SSSR count). The van der Waals surface area contributed by atoms with E-state index in [0.29, 0.717) is 41.3 Å². The van der Waals surface area contributed by atoms with Gasteiger partial charge in [-0.1, -0.05) is 133 Å². The van der Waals surface area contributed by atoms with Crippen molar-refractivity contribution in [2.75, 3.05) is 14.7 Å². The van der Waals surface area contributed by atoms with Crippen molar-refractivity contribution in [3.8, 4) is 0 Å². The first-order valence-corrected chi connectivity index (χ1v) is 24.3. The third kappa shape index (κ3) is 7.24. The zero-order valence-electron chi connectivity index (χ0n) is 34.2. The molecule has 8 aliphatic rings. The second kappa shape index (κ2) is 16.6. The number of hydrogen-bond donors (Lipinski definition) is 0. The molecule has 0 saturated carbocycles. The maximum Gasteiger partial charge on any atom is 0.0559 e. The number of rotatable bonds is 9. The average molecular weight is 812 g/mol. The van der Waals surface area contributed by atoms with Crippen molar-refractivity contribution in [1.82, 2.24) is 0 Å². The van der Waals surface area contributed by atoms with Crippen LogP contribution in [-0.4, -0.2) is 35.5 Å². The van der Waals surface area contributed by atoms with E-state index in [1.54, 1.807) is 20.9 Å². The van der Waals surface area contributed by atoms with E-state index >= 15 is 0 Å². The van der Waals surface area contributed by atoms with Gasteiger partial charge in [0.25, 0.3) is 0 Å². The Morgan fingerprint density at radius 2 is 1.32 bits per heavy atom. The minimum Gasteiger partial charge on any atom is -0.365 e. The highest BCUT2D eigenvalue weighted by Crippen LogP contribution is 2.59. The first kappa shape index (κ1) is 37.7. The second-order valence-electron chi connectivity index (χ2n) is 17.8. The van der Waals surface area contributed by atoms with Crippen LogP contribution in [0.25, 0.3) is 0 Å². The molecule has 0 fully saturated rings. The predicted octanol–water partition coefficient (Wildman–Crippen LogP) is 14.1. The third-order valence-electron chi connectivity index (χ3n) is 14.4. The molecule has 300 valence electrons. The van der Waals surface area contributed by atoms with E-state index in [1.165, 1.54) is 72.6 Å². The molecule has 6 aliphatic carbocycles. The van der Waals surface area contributed by atoms with E-state index in [1.807, 2.05) is 0 Å². The van der Waals surface area contributed by atoms with E-state index in [-0.39, 0.29) is 6.04 Å². The van der Waals surface area contributed by atoms with Crippen molar-refractivity contribution in [2.24, 2.45) is 5.92 Å². The number of allylic oxidation sites excluding steroid dienone is 9. The summed E-state index contributed by atoms with van der Waals surface area (Å²) < 4.78 is 0. The van der Waals surface area contributed by atoms with Crippen LogP contribution in [0.1, 0.15) is 88.5 Å². The summed E-state index contributed by atoms with van der Waals surface area (Å²) in [6.07, 6.45) is 45.2. The fraction of sp³-hybridized carbons (Fsp3) is 0.370. The number of nitrogens with zero attached hydrogens (tertiary/aromatic N) is 3. The molecular formula is C54H57N3S2. The Kier molecular flexibility index (Phi) is 10.6. The first-order chi connectivity index (χ1) is 29.3. The van der Waals surface area contributed by atoms with E-state index in [0.717, 1.165) is 32.1 Å². The van der Waals surface area contributed by atoms with Crippen molar-refractivity contribution in [2.45, 2.75) is 123 Å². The number of benzene rings is 3. The molecule has 2 heterocycles. The fourth-order valence-electron chi connectivity index (χ4n) is 11.7. The van der Waals surface area contributed by atoms with Crippen molar-refractivity contribution in [3.05, 3.63) is 173 Å². The molecule has 8 atom stereocenters. The molecule has 5 heteroatoms. The lowest BCUT2D eigenvalue weighted by molar-refractivity contribution is 0.432. The monoisotopic (exact) mass is 811 g/mol. The second-order valence-corrected chi connectivity index (χ2v) is 20.2. The zero-order valence-corrected chi connectivity index (χ0v) is 35.8. The summed E-state index contributed by atoms with van der Waals surface area (Å²) in [4.78, 5) is 13.3. The molecule has 3 nitrogen and oxygen atoms in total. The largest absolute Gasteiger partial charge is 0.365 e. The number of thioether (sulfide) groups is 2. The smallest absolute Gasteiger partial charge is 0.0559 e. The lowest BCUT2D eigenvalue weighted by atomic mass is 9.81. The number of fused-ring (bicyclic) bond motifs is 5.